The number of nitrogens with zero attached hydrogens (tertiary/aromatic N) is 2. The molecule has 0 aliphatic heterocycles. The Balaban J connectivity index is 2.08. The number of anilines is 1. The van der Waals surface area contributed by atoms with E-state index in [9.17, 15) is 0 Å². The van der Waals surface area contributed by atoms with Crippen molar-refractivity contribution in [2.45, 2.75) is 6.54 Å². The molecule has 0 aliphatic carbocycles. The topological polar surface area (TPSA) is 48.7 Å². The molecule has 1 aromatic carbocycles. The van der Waals surface area contributed by atoms with Gasteiger partial charge in [-0.25, -0.2) is 0 Å². The van der Waals surface area contributed by atoms with Gasteiger partial charge in [0.15, 0.2) is 0 Å². The number of halogens is 1. The van der Waals surface area contributed by atoms with Gasteiger partial charge in [0, 0.05) is 11.1 Å². The molecule has 0 spiro atoms. The lowest BCUT2D eigenvalue weighted by Gasteiger charge is -2.06. The SMILES string of the molecule is N#Cc1ccc(NCc2cncs2)c(Cl)c1. The number of benzene rings is 1. The van der Waals surface area contributed by atoms with E-state index < -0.39 is 0 Å². The van der Waals surface area contributed by atoms with Gasteiger partial charge in [-0.05, 0) is 18.2 Å². The Morgan fingerprint density at radius 2 is 2.38 bits per heavy atom. The molecule has 1 heterocycles. The summed E-state index contributed by atoms with van der Waals surface area (Å²) in [5, 5.41) is 12.5. The predicted molar refractivity (Wildman–Crippen MR) is 65.6 cm³/mol. The van der Waals surface area contributed by atoms with Crippen LogP contribution in [0.2, 0.25) is 5.02 Å². The Hall–Kier alpha value is -1.57. The van der Waals surface area contributed by atoms with Crippen molar-refractivity contribution in [1.82, 2.24) is 4.98 Å². The average molecular weight is 250 g/mol. The summed E-state index contributed by atoms with van der Waals surface area (Å²) >= 11 is 7.61. The van der Waals surface area contributed by atoms with E-state index in [1.165, 1.54) is 0 Å². The standard InChI is InChI=1S/C11H8ClN3S/c12-10-3-8(4-13)1-2-11(10)15-6-9-5-14-7-16-9/h1-3,5,7,15H,6H2. The second-order valence-corrected chi connectivity index (χ2v) is 4.51. The van der Waals surface area contributed by atoms with Crippen LogP contribution in [0.25, 0.3) is 0 Å². The van der Waals surface area contributed by atoms with Crippen LogP contribution in [0.5, 0.6) is 0 Å². The number of aromatic nitrogens is 1. The molecule has 0 radical (unpaired) electrons. The van der Waals surface area contributed by atoms with Gasteiger partial charge in [-0.2, -0.15) is 5.26 Å². The van der Waals surface area contributed by atoms with Crippen molar-refractivity contribution < 1.29 is 0 Å². The smallest absolute Gasteiger partial charge is 0.0992 e. The van der Waals surface area contributed by atoms with Crippen molar-refractivity contribution >= 4 is 28.6 Å². The van der Waals surface area contributed by atoms with E-state index in [2.05, 4.69) is 10.3 Å². The van der Waals surface area contributed by atoms with Gasteiger partial charge in [0.05, 0.1) is 34.4 Å². The largest absolute Gasteiger partial charge is 0.379 e. The first kappa shape index (κ1) is 10.9. The van der Waals surface area contributed by atoms with Crippen molar-refractivity contribution in [2.75, 3.05) is 5.32 Å². The van der Waals surface area contributed by atoms with Gasteiger partial charge >= 0.3 is 0 Å². The number of nitriles is 1. The van der Waals surface area contributed by atoms with Crippen LogP contribution in [0.4, 0.5) is 5.69 Å². The molecule has 0 amide bonds. The summed E-state index contributed by atoms with van der Waals surface area (Å²) in [7, 11) is 0. The third-order valence-electron chi connectivity index (χ3n) is 2.03. The molecule has 0 fully saturated rings. The second-order valence-electron chi connectivity index (χ2n) is 3.13. The summed E-state index contributed by atoms with van der Waals surface area (Å²) in [6.07, 6.45) is 1.81. The fraction of sp³-hybridized carbons (Fsp3) is 0.0909. The first-order valence-corrected chi connectivity index (χ1v) is 5.86. The molecule has 0 bridgehead atoms. The van der Waals surface area contributed by atoms with Crippen LogP contribution in [0.1, 0.15) is 10.4 Å². The van der Waals surface area contributed by atoms with Crippen LogP contribution in [0.3, 0.4) is 0 Å². The summed E-state index contributed by atoms with van der Waals surface area (Å²) in [5.74, 6) is 0. The predicted octanol–water partition coefficient (Wildman–Crippen LogP) is 3.28. The van der Waals surface area contributed by atoms with Gasteiger partial charge in [0.1, 0.15) is 0 Å². The van der Waals surface area contributed by atoms with Crippen LogP contribution < -0.4 is 5.32 Å². The molecule has 0 saturated carbocycles. The van der Waals surface area contributed by atoms with Gasteiger partial charge in [0.2, 0.25) is 0 Å². The fourth-order valence-corrected chi connectivity index (χ4v) is 2.02. The molecule has 5 heteroatoms. The number of rotatable bonds is 3. The summed E-state index contributed by atoms with van der Waals surface area (Å²) in [4.78, 5) is 5.13. The Morgan fingerprint density at radius 1 is 1.50 bits per heavy atom. The molecule has 2 rings (SSSR count). The minimum absolute atomic E-state index is 0.559. The fourth-order valence-electron chi connectivity index (χ4n) is 1.24. The Labute approximate surface area is 102 Å². The summed E-state index contributed by atoms with van der Waals surface area (Å²) in [6.45, 7) is 0.691. The van der Waals surface area contributed by atoms with Gasteiger partial charge in [-0.1, -0.05) is 11.6 Å². The zero-order chi connectivity index (χ0) is 11.4. The molecular weight excluding hydrogens is 242 g/mol. The lowest BCUT2D eigenvalue weighted by atomic mass is 10.2. The molecule has 0 unspecified atom stereocenters. The average Bonchev–Trinajstić information content (AvgIpc) is 2.80. The van der Waals surface area contributed by atoms with Crippen molar-refractivity contribution in [3.63, 3.8) is 0 Å². The second kappa shape index (κ2) is 4.97. The molecule has 1 aromatic heterocycles. The van der Waals surface area contributed by atoms with Crippen LogP contribution in [0.15, 0.2) is 29.9 Å². The quantitative estimate of drug-likeness (QED) is 0.908. The zero-order valence-electron chi connectivity index (χ0n) is 8.27. The van der Waals surface area contributed by atoms with Crippen LogP contribution >= 0.6 is 22.9 Å². The first-order chi connectivity index (χ1) is 7.79. The number of nitrogens with one attached hydrogen (secondary N) is 1. The van der Waals surface area contributed by atoms with Crippen molar-refractivity contribution in [3.8, 4) is 6.07 Å². The highest BCUT2D eigenvalue weighted by Gasteiger charge is 2.02. The molecule has 0 aliphatic rings. The molecule has 80 valence electrons. The Morgan fingerprint density at radius 3 is 3.00 bits per heavy atom. The lowest BCUT2D eigenvalue weighted by molar-refractivity contribution is 1.17. The number of thiazole rings is 1. The summed E-state index contributed by atoms with van der Waals surface area (Å²) in [5.41, 5.74) is 3.18. The van der Waals surface area contributed by atoms with Gasteiger partial charge < -0.3 is 5.32 Å². The molecule has 16 heavy (non-hydrogen) atoms. The monoisotopic (exact) mass is 249 g/mol. The van der Waals surface area contributed by atoms with E-state index in [-0.39, 0.29) is 0 Å². The van der Waals surface area contributed by atoms with E-state index in [0.29, 0.717) is 17.1 Å². The van der Waals surface area contributed by atoms with E-state index in [4.69, 9.17) is 16.9 Å². The molecule has 1 N–H and O–H groups in total. The first-order valence-electron chi connectivity index (χ1n) is 4.60. The van der Waals surface area contributed by atoms with E-state index in [1.807, 2.05) is 18.3 Å². The summed E-state index contributed by atoms with van der Waals surface area (Å²) in [6, 6.07) is 7.24. The molecule has 3 nitrogen and oxygen atoms in total. The minimum Gasteiger partial charge on any atom is -0.379 e. The molecule has 0 atom stereocenters. The van der Waals surface area contributed by atoms with Gasteiger partial charge in [0.25, 0.3) is 0 Å². The molecule has 2 aromatic rings. The highest BCUT2D eigenvalue weighted by atomic mass is 35.5. The lowest BCUT2D eigenvalue weighted by Crippen LogP contribution is -1.98. The third-order valence-corrected chi connectivity index (χ3v) is 3.13. The Kier molecular flexibility index (Phi) is 3.40. The van der Waals surface area contributed by atoms with E-state index in [1.54, 1.807) is 29.0 Å². The highest BCUT2D eigenvalue weighted by molar-refractivity contribution is 7.09. The normalized spacial score (nSPS) is 9.75. The Bertz CT molecular complexity index is 517. The third kappa shape index (κ3) is 2.51. The van der Waals surface area contributed by atoms with E-state index >= 15 is 0 Å². The van der Waals surface area contributed by atoms with Gasteiger partial charge in [-0.15, -0.1) is 11.3 Å². The highest BCUT2D eigenvalue weighted by Crippen LogP contribution is 2.23. The van der Waals surface area contributed by atoms with Crippen molar-refractivity contribution in [3.05, 3.63) is 45.4 Å². The van der Waals surface area contributed by atoms with Crippen LogP contribution in [-0.2, 0) is 6.54 Å². The maximum atomic E-state index is 8.70. The maximum Gasteiger partial charge on any atom is 0.0992 e. The van der Waals surface area contributed by atoms with Crippen molar-refractivity contribution in [1.29, 1.82) is 5.26 Å². The van der Waals surface area contributed by atoms with E-state index in [0.717, 1.165) is 10.6 Å². The molecule has 0 saturated heterocycles. The van der Waals surface area contributed by atoms with Crippen LogP contribution in [-0.4, -0.2) is 4.98 Å². The number of hydrogen-bond donors (Lipinski definition) is 1. The van der Waals surface area contributed by atoms with Crippen molar-refractivity contribution in [2.24, 2.45) is 0 Å². The minimum atomic E-state index is 0.559. The summed E-state index contributed by atoms with van der Waals surface area (Å²) < 4.78 is 0. The van der Waals surface area contributed by atoms with Gasteiger partial charge in [-0.3, -0.25) is 4.98 Å². The maximum absolute atomic E-state index is 8.70. The molecular formula is C11H8ClN3S. The number of hydrogen-bond acceptors (Lipinski definition) is 4. The zero-order valence-corrected chi connectivity index (χ0v) is 9.85. The van der Waals surface area contributed by atoms with Crippen LogP contribution in [0, 0.1) is 11.3 Å².